The molecule has 3 rings (SSSR count). The molecule has 13 nitrogen and oxygen atoms in total. The van der Waals surface area contributed by atoms with E-state index in [1.165, 1.54) is 4.90 Å². The molecule has 1 N–H and O–H groups in total. The molecule has 0 radical (unpaired) electrons. The van der Waals surface area contributed by atoms with Crippen LogP contribution in [0.2, 0.25) is 0 Å². The van der Waals surface area contributed by atoms with Crippen LogP contribution < -0.4 is 15.0 Å². The molecule has 4 amide bonds. The highest BCUT2D eigenvalue weighted by molar-refractivity contribution is 6.05. The Kier molecular flexibility index (Phi) is 10.6. The maximum atomic E-state index is 14.1. The Morgan fingerprint density at radius 1 is 1.19 bits per heavy atom. The Labute approximate surface area is 246 Å². The number of piperidine rings is 1. The van der Waals surface area contributed by atoms with Gasteiger partial charge in [-0.2, -0.15) is 0 Å². The molecule has 232 valence electrons. The summed E-state index contributed by atoms with van der Waals surface area (Å²) in [5, 5.41) is 2.80. The number of anilines is 1. The minimum atomic E-state index is -1.12. The number of ether oxygens (including phenoxy) is 4. The molecule has 2 aliphatic heterocycles. The molecular weight excluding hydrogens is 548 g/mol. The number of amides is 4. The highest BCUT2D eigenvalue weighted by Crippen LogP contribution is 2.40. The first-order valence-electron chi connectivity index (χ1n) is 14.2. The SMILES string of the molecule is CCC(=O)NCCN1C(=O)C(C)(C)Oc2cc(C)c(C(=O)N(C(C)C)[C@@H]3CCCN(C(=O)OCOC(=O)OC)C3)cc21. The van der Waals surface area contributed by atoms with Crippen molar-refractivity contribution in [1.82, 2.24) is 15.1 Å². The number of carbonyl (C=O) groups excluding carboxylic acids is 5. The molecule has 0 saturated carbocycles. The van der Waals surface area contributed by atoms with Crippen LogP contribution in [0.25, 0.3) is 0 Å². The van der Waals surface area contributed by atoms with Gasteiger partial charge in [-0.1, -0.05) is 6.92 Å². The number of fused-ring (bicyclic) bond motifs is 1. The number of hydrogen-bond acceptors (Lipinski definition) is 9. The molecular formula is C29H42N4O9. The average Bonchev–Trinajstić information content (AvgIpc) is 2.94. The van der Waals surface area contributed by atoms with Gasteiger partial charge in [-0.05, 0) is 65.2 Å². The topological polar surface area (TPSA) is 144 Å². The van der Waals surface area contributed by atoms with Crippen LogP contribution in [0.4, 0.5) is 15.3 Å². The highest BCUT2D eigenvalue weighted by Gasteiger charge is 2.42. The van der Waals surface area contributed by atoms with Gasteiger partial charge < -0.3 is 39.0 Å². The molecule has 0 unspecified atom stereocenters. The predicted octanol–water partition coefficient (Wildman–Crippen LogP) is 3.22. The summed E-state index contributed by atoms with van der Waals surface area (Å²) in [7, 11) is 1.15. The number of carbonyl (C=O) groups is 5. The van der Waals surface area contributed by atoms with E-state index in [0.29, 0.717) is 48.4 Å². The second-order valence-corrected chi connectivity index (χ2v) is 11.1. The zero-order valence-electron chi connectivity index (χ0n) is 25.5. The summed E-state index contributed by atoms with van der Waals surface area (Å²) in [5.74, 6) is -0.159. The monoisotopic (exact) mass is 590 g/mol. The first-order valence-corrected chi connectivity index (χ1v) is 14.2. The van der Waals surface area contributed by atoms with Crippen LogP contribution in [0.15, 0.2) is 12.1 Å². The van der Waals surface area contributed by atoms with Gasteiger partial charge in [0.2, 0.25) is 12.7 Å². The van der Waals surface area contributed by atoms with Gasteiger partial charge in [0.1, 0.15) is 5.75 Å². The molecule has 1 aromatic rings. The number of nitrogens with zero attached hydrogens (tertiary/aromatic N) is 3. The van der Waals surface area contributed by atoms with E-state index in [0.717, 1.165) is 7.11 Å². The van der Waals surface area contributed by atoms with E-state index < -0.39 is 24.6 Å². The van der Waals surface area contributed by atoms with E-state index in [1.807, 2.05) is 20.8 Å². The maximum absolute atomic E-state index is 14.1. The molecule has 1 atom stereocenters. The molecule has 0 bridgehead atoms. The molecule has 0 spiro atoms. The lowest BCUT2D eigenvalue weighted by molar-refractivity contribution is -0.132. The quantitative estimate of drug-likeness (QED) is 0.339. The highest BCUT2D eigenvalue weighted by atomic mass is 16.8. The van der Waals surface area contributed by atoms with Crippen LogP contribution >= 0.6 is 0 Å². The average molecular weight is 591 g/mol. The smallest absolute Gasteiger partial charge is 0.476 e. The molecule has 0 aromatic heterocycles. The third-order valence-corrected chi connectivity index (χ3v) is 7.30. The van der Waals surface area contributed by atoms with Gasteiger partial charge in [0.25, 0.3) is 11.8 Å². The van der Waals surface area contributed by atoms with Gasteiger partial charge in [-0.3, -0.25) is 14.4 Å². The Morgan fingerprint density at radius 3 is 2.55 bits per heavy atom. The van der Waals surface area contributed by atoms with Crippen LogP contribution in [0.3, 0.4) is 0 Å². The molecule has 2 heterocycles. The van der Waals surface area contributed by atoms with Crippen molar-refractivity contribution in [2.45, 2.75) is 78.5 Å². The lowest BCUT2D eigenvalue weighted by Gasteiger charge is -2.42. The van der Waals surface area contributed by atoms with Crippen molar-refractivity contribution in [2.75, 3.05) is 45.0 Å². The number of nitrogens with one attached hydrogen (secondary N) is 1. The van der Waals surface area contributed by atoms with Gasteiger partial charge in [-0.25, -0.2) is 9.59 Å². The Morgan fingerprint density at radius 2 is 1.90 bits per heavy atom. The van der Waals surface area contributed by atoms with Crippen molar-refractivity contribution >= 4 is 35.7 Å². The minimum absolute atomic E-state index is 0.121. The van der Waals surface area contributed by atoms with E-state index >= 15 is 0 Å². The van der Waals surface area contributed by atoms with Crippen molar-refractivity contribution in [3.63, 3.8) is 0 Å². The van der Waals surface area contributed by atoms with Gasteiger partial charge in [0.05, 0.1) is 18.8 Å². The van der Waals surface area contributed by atoms with Gasteiger partial charge in [0, 0.05) is 44.2 Å². The van der Waals surface area contributed by atoms with Crippen LogP contribution in [0.1, 0.15) is 69.8 Å². The number of benzene rings is 1. The van der Waals surface area contributed by atoms with Crippen molar-refractivity contribution < 1.29 is 42.9 Å². The summed E-state index contributed by atoms with van der Waals surface area (Å²) in [6.45, 7) is 11.3. The second kappa shape index (κ2) is 13.8. The summed E-state index contributed by atoms with van der Waals surface area (Å²) in [5.41, 5.74) is 0.432. The van der Waals surface area contributed by atoms with Gasteiger partial charge in [-0.15, -0.1) is 0 Å². The number of rotatable bonds is 9. The van der Waals surface area contributed by atoms with E-state index in [1.54, 1.807) is 42.7 Å². The van der Waals surface area contributed by atoms with E-state index in [4.69, 9.17) is 9.47 Å². The fourth-order valence-corrected chi connectivity index (χ4v) is 5.19. The fourth-order valence-electron chi connectivity index (χ4n) is 5.19. The molecule has 1 aromatic carbocycles. The zero-order valence-corrected chi connectivity index (χ0v) is 25.5. The number of methoxy groups -OCH3 is 1. The summed E-state index contributed by atoms with van der Waals surface area (Å²) in [6.07, 6.45) is 0.0334. The van der Waals surface area contributed by atoms with Crippen molar-refractivity contribution in [3.05, 3.63) is 23.3 Å². The number of likely N-dealkylation sites (tertiary alicyclic amines) is 1. The minimum Gasteiger partial charge on any atom is -0.476 e. The second-order valence-electron chi connectivity index (χ2n) is 11.1. The summed E-state index contributed by atoms with van der Waals surface area (Å²) in [4.78, 5) is 67.8. The van der Waals surface area contributed by atoms with Crippen LogP contribution in [-0.2, 0) is 23.8 Å². The summed E-state index contributed by atoms with van der Waals surface area (Å²) >= 11 is 0. The van der Waals surface area contributed by atoms with Crippen LogP contribution in [0.5, 0.6) is 5.75 Å². The normalized spacial score (nSPS) is 17.6. The van der Waals surface area contributed by atoms with E-state index in [-0.39, 0.29) is 49.4 Å². The van der Waals surface area contributed by atoms with Crippen molar-refractivity contribution in [1.29, 1.82) is 0 Å². The first kappa shape index (κ1) is 32.5. The van der Waals surface area contributed by atoms with Gasteiger partial charge in [0.15, 0.2) is 5.60 Å². The Hall–Kier alpha value is -4.03. The van der Waals surface area contributed by atoms with Crippen LogP contribution in [0, 0.1) is 6.92 Å². The Balaban J connectivity index is 1.85. The molecule has 0 aliphatic carbocycles. The molecule has 2 aliphatic rings. The van der Waals surface area contributed by atoms with Gasteiger partial charge >= 0.3 is 12.2 Å². The third kappa shape index (κ3) is 7.42. The maximum Gasteiger partial charge on any atom is 0.510 e. The van der Waals surface area contributed by atoms with E-state index in [9.17, 15) is 24.0 Å². The fraction of sp³-hybridized carbons (Fsp3) is 0.621. The molecule has 42 heavy (non-hydrogen) atoms. The Bertz CT molecular complexity index is 1200. The molecule has 1 saturated heterocycles. The predicted molar refractivity (Wildman–Crippen MR) is 152 cm³/mol. The first-order chi connectivity index (χ1) is 19.8. The van der Waals surface area contributed by atoms with Crippen LogP contribution in [-0.4, -0.2) is 97.5 Å². The largest absolute Gasteiger partial charge is 0.510 e. The lowest BCUT2D eigenvalue weighted by atomic mass is 9.97. The van der Waals surface area contributed by atoms with Crippen molar-refractivity contribution in [2.24, 2.45) is 0 Å². The molecule has 13 heteroatoms. The summed E-state index contributed by atoms with van der Waals surface area (Å²) < 4.78 is 20.1. The molecule has 1 fully saturated rings. The number of aryl methyl sites for hydroxylation is 1. The lowest BCUT2D eigenvalue weighted by Crippen LogP contribution is -2.55. The third-order valence-electron chi connectivity index (χ3n) is 7.30. The summed E-state index contributed by atoms with van der Waals surface area (Å²) in [6, 6.07) is 2.94. The number of hydrogen-bond donors (Lipinski definition) is 1. The van der Waals surface area contributed by atoms with E-state index in [2.05, 4.69) is 14.8 Å². The standard InChI is InChI=1S/C29H42N4O9/c1-8-24(34)30-11-13-32-22-15-21(19(4)14-23(22)42-29(5,6)26(32)36)25(35)33(18(2)3)20-10-9-12-31(16-20)27(37)40-17-41-28(38)39-7/h14-15,18,20H,8-13,16-17H2,1-7H3,(H,30,34)/t20-/m1/s1. The zero-order chi connectivity index (χ0) is 31.2. The van der Waals surface area contributed by atoms with Crippen molar-refractivity contribution in [3.8, 4) is 5.75 Å².